The van der Waals surface area contributed by atoms with Gasteiger partial charge in [0.1, 0.15) is 5.56 Å². The van der Waals surface area contributed by atoms with Crippen molar-refractivity contribution in [1.82, 2.24) is 4.98 Å². The summed E-state index contributed by atoms with van der Waals surface area (Å²) in [6, 6.07) is 7.13. The number of fused-ring (bicyclic) bond motifs is 1. The summed E-state index contributed by atoms with van der Waals surface area (Å²) >= 11 is 0. The molecular weight excluding hydrogens is 266 g/mol. The van der Waals surface area contributed by atoms with Gasteiger partial charge in [0, 0.05) is 17.1 Å². The molecule has 1 aliphatic carbocycles. The summed E-state index contributed by atoms with van der Waals surface area (Å²) < 4.78 is 5.30. The summed E-state index contributed by atoms with van der Waals surface area (Å²) in [5.74, 6) is -0.185. The van der Waals surface area contributed by atoms with E-state index >= 15 is 0 Å². The molecule has 3 rings (SSSR count). The van der Waals surface area contributed by atoms with Gasteiger partial charge in [0.15, 0.2) is 0 Å². The largest absolute Gasteiger partial charge is 0.462 e. The number of hydrogen-bond donors (Lipinski definition) is 1. The Kier molecular flexibility index (Phi) is 3.86. The Morgan fingerprint density at radius 3 is 2.95 bits per heavy atom. The van der Waals surface area contributed by atoms with E-state index in [2.05, 4.69) is 17.1 Å². The van der Waals surface area contributed by atoms with E-state index in [4.69, 9.17) is 4.74 Å². The maximum Gasteiger partial charge on any atom is 0.343 e. The standard InChI is InChI=1S/C17H17NO3/c19-16-13-8-4-5-9-15(13)18-10-14(16)17(20)21-11-12-6-2-1-3-7-12/h1-2,4-5,8-10,12H,3,6-7,11H2,(H,18,19). The highest BCUT2D eigenvalue weighted by molar-refractivity contribution is 5.93. The van der Waals surface area contributed by atoms with E-state index < -0.39 is 5.97 Å². The number of pyridine rings is 1. The van der Waals surface area contributed by atoms with Gasteiger partial charge in [-0.05, 0) is 37.3 Å². The van der Waals surface area contributed by atoms with Crippen LogP contribution in [0.2, 0.25) is 0 Å². The summed E-state index contributed by atoms with van der Waals surface area (Å²) in [4.78, 5) is 27.3. The number of carbonyl (C=O) groups is 1. The maximum atomic E-state index is 12.3. The molecule has 2 aromatic rings. The third-order valence-corrected chi connectivity index (χ3v) is 3.84. The molecule has 0 amide bonds. The first kappa shape index (κ1) is 13.6. The van der Waals surface area contributed by atoms with Crippen molar-refractivity contribution in [3.8, 4) is 0 Å². The van der Waals surface area contributed by atoms with Crippen molar-refractivity contribution in [3.63, 3.8) is 0 Å². The Bertz CT molecular complexity index is 745. The van der Waals surface area contributed by atoms with Gasteiger partial charge in [-0.25, -0.2) is 4.79 Å². The van der Waals surface area contributed by atoms with Crippen LogP contribution in [0, 0.1) is 5.92 Å². The minimum Gasteiger partial charge on any atom is -0.462 e. The van der Waals surface area contributed by atoms with E-state index in [0.29, 0.717) is 17.9 Å². The molecule has 1 aromatic heterocycles. The molecule has 0 fully saturated rings. The second-order valence-electron chi connectivity index (χ2n) is 5.33. The summed E-state index contributed by atoms with van der Waals surface area (Å²) in [5.41, 5.74) is 0.509. The minimum atomic E-state index is -0.545. The van der Waals surface area contributed by atoms with Crippen LogP contribution in [-0.4, -0.2) is 17.6 Å². The highest BCUT2D eigenvalue weighted by Gasteiger charge is 2.17. The zero-order valence-electron chi connectivity index (χ0n) is 11.7. The van der Waals surface area contributed by atoms with E-state index in [9.17, 15) is 9.59 Å². The number of allylic oxidation sites excluding steroid dienone is 2. The number of ether oxygens (including phenoxy) is 1. The fourth-order valence-electron chi connectivity index (χ4n) is 2.60. The molecule has 0 spiro atoms. The predicted molar refractivity (Wildman–Crippen MR) is 81.3 cm³/mol. The van der Waals surface area contributed by atoms with Crippen LogP contribution in [0.3, 0.4) is 0 Å². The number of esters is 1. The van der Waals surface area contributed by atoms with Gasteiger partial charge in [0.05, 0.1) is 6.61 Å². The summed E-state index contributed by atoms with van der Waals surface area (Å²) in [7, 11) is 0. The zero-order valence-corrected chi connectivity index (χ0v) is 11.7. The quantitative estimate of drug-likeness (QED) is 0.695. The lowest BCUT2D eigenvalue weighted by Crippen LogP contribution is -2.21. The minimum absolute atomic E-state index is 0.0695. The lowest BCUT2D eigenvalue weighted by atomic mass is 9.95. The molecule has 0 radical (unpaired) electrons. The van der Waals surface area contributed by atoms with E-state index in [1.807, 2.05) is 6.07 Å². The number of benzene rings is 1. The lowest BCUT2D eigenvalue weighted by Gasteiger charge is -2.17. The van der Waals surface area contributed by atoms with Crippen LogP contribution in [-0.2, 0) is 4.74 Å². The number of hydrogen-bond acceptors (Lipinski definition) is 3. The number of aromatic amines is 1. The highest BCUT2D eigenvalue weighted by atomic mass is 16.5. The SMILES string of the molecule is O=C(OCC1CC=CCC1)c1c[nH]c2ccccc2c1=O. The average Bonchev–Trinajstić information content (AvgIpc) is 2.54. The van der Waals surface area contributed by atoms with Crippen molar-refractivity contribution >= 4 is 16.9 Å². The summed E-state index contributed by atoms with van der Waals surface area (Å²) in [6.07, 6.45) is 8.68. The first-order valence-corrected chi connectivity index (χ1v) is 7.18. The first-order chi connectivity index (χ1) is 10.3. The molecule has 1 aliphatic rings. The lowest BCUT2D eigenvalue weighted by molar-refractivity contribution is 0.0430. The Hall–Kier alpha value is -2.36. The molecule has 0 saturated carbocycles. The van der Waals surface area contributed by atoms with Crippen molar-refractivity contribution in [2.24, 2.45) is 5.92 Å². The third kappa shape index (κ3) is 2.89. The van der Waals surface area contributed by atoms with Crippen LogP contribution in [0.25, 0.3) is 10.9 Å². The number of rotatable bonds is 3. The molecule has 108 valence electrons. The van der Waals surface area contributed by atoms with E-state index in [1.54, 1.807) is 18.2 Å². The molecule has 4 nitrogen and oxygen atoms in total. The number of nitrogens with one attached hydrogen (secondary N) is 1. The van der Waals surface area contributed by atoms with Gasteiger partial charge < -0.3 is 9.72 Å². The molecular formula is C17H17NO3. The molecule has 21 heavy (non-hydrogen) atoms. The van der Waals surface area contributed by atoms with Crippen molar-refractivity contribution in [2.75, 3.05) is 6.61 Å². The normalized spacial score (nSPS) is 17.8. The summed E-state index contributed by atoms with van der Waals surface area (Å²) in [5, 5.41) is 0.507. The Morgan fingerprint density at radius 2 is 2.14 bits per heavy atom. The Balaban J connectivity index is 1.77. The van der Waals surface area contributed by atoms with Crippen LogP contribution in [0.1, 0.15) is 29.6 Å². The fourth-order valence-corrected chi connectivity index (χ4v) is 2.60. The van der Waals surface area contributed by atoms with Gasteiger partial charge in [-0.2, -0.15) is 0 Å². The van der Waals surface area contributed by atoms with E-state index in [1.165, 1.54) is 6.20 Å². The zero-order chi connectivity index (χ0) is 14.7. The van der Waals surface area contributed by atoms with Gasteiger partial charge in [0.2, 0.25) is 5.43 Å². The summed E-state index contributed by atoms with van der Waals surface area (Å²) in [6.45, 7) is 0.370. The molecule has 1 N–H and O–H groups in total. The van der Waals surface area contributed by atoms with Gasteiger partial charge in [-0.3, -0.25) is 4.79 Å². The number of para-hydroxylation sites is 1. The third-order valence-electron chi connectivity index (χ3n) is 3.84. The highest BCUT2D eigenvalue weighted by Crippen LogP contribution is 2.18. The Morgan fingerprint density at radius 1 is 1.29 bits per heavy atom. The molecule has 0 bridgehead atoms. The molecule has 1 atom stereocenters. The van der Waals surface area contributed by atoms with E-state index in [-0.39, 0.29) is 11.0 Å². The van der Waals surface area contributed by atoms with Crippen LogP contribution >= 0.6 is 0 Å². The van der Waals surface area contributed by atoms with Gasteiger partial charge in [0.25, 0.3) is 0 Å². The van der Waals surface area contributed by atoms with Crippen LogP contribution in [0.4, 0.5) is 0 Å². The Labute approximate surface area is 122 Å². The molecule has 0 saturated heterocycles. The molecule has 1 heterocycles. The molecule has 1 aromatic carbocycles. The average molecular weight is 283 g/mol. The van der Waals surface area contributed by atoms with Crippen LogP contribution in [0.15, 0.2) is 47.4 Å². The maximum absolute atomic E-state index is 12.3. The van der Waals surface area contributed by atoms with Crippen molar-refractivity contribution in [3.05, 3.63) is 58.4 Å². The second kappa shape index (κ2) is 5.95. The van der Waals surface area contributed by atoms with Crippen LogP contribution < -0.4 is 5.43 Å². The topological polar surface area (TPSA) is 59.2 Å². The van der Waals surface area contributed by atoms with Crippen molar-refractivity contribution in [2.45, 2.75) is 19.3 Å². The number of carbonyl (C=O) groups excluding carboxylic acids is 1. The van der Waals surface area contributed by atoms with Gasteiger partial charge in [-0.1, -0.05) is 24.3 Å². The number of H-pyrrole nitrogens is 1. The van der Waals surface area contributed by atoms with Gasteiger partial charge in [-0.15, -0.1) is 0 Å². The monoisotopic (exact) mass is 283 g/mol. The predicted octanol–water partition coefficient (Wildman–Crippen LogP) is 3.04. The number of aromatic nitrogens is 1. The fraction of sp³-hybridized carbons (Fsp3) is 0.294. The molecule has 4 heteroatoms. The molecule has 0 aliphatic heterocycles. The molecule has 1 unspecified atom stereocenters. The van der Waals surface area contributed by atoms with Crippen LogP contribution in [0.5, 0.6) is 0 Å². The smallest absolute Gasteiger partial charge is 0.343 e. The van der Waals surface area contributed by atoms with Gasteiger partial charge >= 0.3 is 5.97 Å². The van der Waals surface area contributed by atoms with E-state index in [0.717, 1.165) is 24.8 Å². The van der Waals surface area contributed by atoms with Crippen molar-refractivity contribution in [1.29, 1.82) is 0 Å². The second-order valence-corrected chi connectivity index (χ2v) is 5.33. The first-order valence-electron chi connectivity index (χ1n) is 7.18. The van der Waals surface area contributed by atoms with Crippen molar-refractivity contribution < 1.29 is 9.53 Å².